The lowest BCUT2D eigenvalue weighted by atomic mass is 10.0. The molecular formula is C28H31N5O5. The number of amides is 2. The van der Waals surface area contributed by atoms with Crippen LogP contribution < -0.4 is 14.8 Å². The van der Waals surface area contributed by atoms with Crippen molar-refractivity contribution in [3.05, 3.63) is 72.2 Å². The second kappa shape index (κ2) is 11.4. The maximum atomic E-state index is 14.0. The van der Waals surface area contributed by atoms with Crippen molar-refractivity contribution in [3.8, 4) is 11.5 Å². The zero-order chi connectivity index (χ0) is 26.5. The number of aromatic nitrogens is 3. The summed E-state index contributed by atoms with van der Waals surface area (Å²) in [7, 11) is 3.06. The maximum Gasteiger partial charge on any atom is 0.247 e. The van der Waals surface area contributed by atoms with Gasteiger partial charge in [0.05, 0.1) is 32.5 Å². The van der Waals surface area contributed by atoms with Crippen LogP contribution in [0.5, 0.6) is 11.5 Å². The van der Waals surface area contributed by atoms with Crippen molar-refractivity contribution in [2.75, 3.05) is 14.2 Å². The van der Waals surface area contributed by atoms with Crippen molar-refractivity contribution in [1.82, 2.24) is 25.2 Å². The average Bonchev–Trinajstić information content (AvgIpc) is 3.71. The van der Waals surface area contributed by atoms with Gasteiger partial charge in [0.25, 0.3) is 0 Å². The molecule has 0 spiro atoms. The predicted molar refractivity (Wildman–Crippen MR) is 139 cm³/mol. The Kier molecular flexibility index (Phi) is 7.57. The molecule has 10 heteroatoms. The molecule has 38 heavy (non-hydrogen) atoms. The van der Waals surface area contributed by atoms with Crippen LogP contribution >= 0.6 is 0 Å². The Morgan fingerprint density at radius 2 is 1.89 bits per heavy atom. The lowest BCUT2D eigenvalue weighted by Gasteiger charge is -2.32. The molecule has 1 aliphatic rings. The SMILES string of the molecule is COc1cccc(C(C(=O)NC2CCCC2)N(Cc2ccco2)C(=O)Cn2nnc3ccccc32)c1OC. The fourth-order valence-corrected chi connectivity index (χ4v) is 5.08. The minimum Gasteiger partial charge on any atom is -0.493 e. The number of nitrogens with one attached hydrogen (secondary N) is 1. The number of methoxy groups -OCH3 is 2. The molecule has 5 rings (SSSR count). The van der Waals surface area contributed by atoms with E-state index in [0.717, 1.165) is 31.2 Å². The Morgan fingerprint density at radius 3 is 2.63 bits per heavy atom. The van der Waals surface area contributed by atoms with Gasteiger partial charge in [-0.1, -0.05) is 42.3 Å². The summed E-state index contributed by atoms with van der Waals surface area (Å²) < 4.78 is 18.4. The zero-order valence-corrected chi connectivity index (χ0v) is 21.5. The summed E-state index contributed by atoms with van der Waals surface area (Å²) in [4.78, 5) is 29.5. The van der Waals surface area contributed by atoms with Crippen LogP contribution in [0, 0.1) is 0 Å². The molecule has 1 aliphatic carbocycles. The molecular weight excluding hydrogens is 486 g/mol. The van der Waals surface area contributed by atoms with Gasteiger partial charge in [-0.2, -0.15) is 0 Å². The van der Waals surface area contributed by atoms with Gasteiger partial charge in [-0.3, -0.25) is 9.59 Å². The number of ether oxygens (including phenoxy) is 2. The number of rotatable bonds is 10. The summed E-state index contributed by atoms with van der Waals surface area (Å²) in [6.45, 7) is -0.0394. The van der Waals surface area contributed by atoms with E-state index < -0.39 is 6.04 Å². The van der Waals surface area contributed by atoms with Gasteiger partial charge in [0, 0.05) is 11.6 Å². The van der Waals surface area contributed by atoms with Gasteiger partial charge >= 0.3 is 0 Å². The van der Waals surface area contributed by atoms with Crippen molar-refractivity contribution < 1.29 is 23.5 Å². The number of nitrogens with zero attached hydrogens (tertiary/aromatic N) is 4. The molecule has 4 aromatic rings. The number of fused-ring (bicyclic) bond motifs is 1. The van der Waals surface area contributed by atoms with E-state index in [0.29, 0.717) is 28.3 Å². The van der Waals surface area contributed by atoms with Crippen molar-refractivity contribution >= 4 is 22.8 Å². The van der Waals surface area contributed by atoms with Gasteiger partial charge in [0.1, 0.15) is 23.9 Å². The highest BCUT2D eigenvalue weighted by atomic mass is 16.5. The van der Waals surface area contributed by atoms with Crippen LogP contribution in [0.2, 0.25) is 0 Å². The molecule has 2 aromatic heterocycles. The number of benzene rings is 2. The highest BCUT2D eigenvalue weighted by Gasteiger charge is 2.36. The van der Waals surface area contributed by atoms with Gasteiger partial charge in [0.2, 0.25) is 11.8 Å². The molecule has 2 aromatic carbocycles. The molecule has 0 saturated heterocycles. The third kappa shape index (κ3) is 5.20. The van der Waals surface area contributed by atoms with Crippen LogP contribution in [0.25, 0.3) is 11.0 Å². The predicted octanol–water partition coefficient (Wildman–Crippen LogP) is 3.87. The molecule has 2 heterocycles. The van der Waals surface area contributed by atoms with Gasteiger partial charge in [-0.25, -0.2) is 4.68 Å². The van der Waals surface area contributed by atoms with Gasteiger partial charge < -0.3 is 24.1 Å². The van der Waals surface area contributed by atoms with Crippen LogP contribution in [0.15, 0.2) is 65.3 Å². The Hall–Kier alpha value is -4.34. The number of furan rings is 1. The highest BCUT2D eigenvalue weighted by molar-refractivity contribution is 5.90. The highest BCUT2D eigenvalue weighted by Crippen LogP contribution is 2.38. The number of carbonyl (C=O) groups excluding carboxylic acids is 2. The van der Waals surface area contributed by atoms with E-state index in [9.17, 15) is 9.59 Å². The molecule has 1 N–H and O–H groups in total. The molecule has 0 radical (unpaired) electrons. The standard InChI is InChI=1S/C28H31N5O5/c1-36-24-15-7-12-21(27(24)37-2)26(28(35)29-19-9-3-4-10-19)32(17-20-11-8-16-38-20)25(34)18-33-23-14-6-5-13-22(23)30-31-33/h5-8,11-16,19,26H,3-4,9-10,17-18H2,1-2H3,(H,29,35). The quantitative estimate of drug-likeness (QED) is 0.340. The van der Waals surface area contributed by atoms with Crippen molar-refractivity contribution in [2.45, 2.75) is 50.9 Å². The fraction of sp³-hybridized carbons (Fsp3) is 0.357. The molecule has 0 bridgehead atoms. The third-order valence-corrected chi connectivity index (χ3v) is 6.92. The first-order valence-electron chi connectivity index (χ1n) is 12.7. The molecule has 1 unspecified atom stereocenters. The number of hydrogen-bond acceptors (Lipinski definition) is 7. The minimum atomic E-state index is -1.01. The smallest absolute Gasteiger partial charge is 0.247 e. The van der Waals surface area contributed by atoms with Gasteiger partial charge in [-0.15, -0.1) is 5.10 Å². The second-order valence-electron chi connectivity index (χ2n) is 9.31. The van der Waals surface area contributed by atoms with E-state index in [1.54, 1.807) is 41.3 Å². The summed E-state index contributed by atoms with van der Waals surface area (Å²) >= 11 is 0. The molecule has 0 aliphatic heterocycles. The molecule has 1 atom stereocenters. The van der Waals surface area contributed by atoms with Gasteiger partial charge in [-0.05, 0) is 43.2 Å². The molecule has 198 valence electrons. The lowest BCUT2D eigenvalue weighted by Crippen LogP contribution is -2.46. The van der Waals surface area contributed by atoms with E-state index in [2.05, 4.69) is 15.6 Å². The number of para-hydroxylation sites is 2. The first-order valence-corrected chi connectivity index (χ1v) is 12.7. The van der Waals surface area contributed by atoms with E-state index in [-0.39, 0.29) is 30.9 Å². The molecule has 1 saturated carbocycles. The first kappa shape index (κ1) is 25.3. The maximum absolute atomic E-state index is 14.0. The Bertz CT molecular complexity index is 1390. The van der Waals surface area contributed by atoms with Crippen molar-refractivity contribution in [1.29, 1.82) is 0 Å². The molecule has 2 amide bonds. The van der Waals surface area contributed by atoms with Crippen LogP contribution in [0.3, 0.4) is 0 Å². The van der Waals surface area contributed by atoms with E-state index in [1.165, 1.54) is 19.1 Å². The minimum absolute atomic E-state index is 0.0569. The molecule has 1 fully saturated rings. The van der Waals surface area contributed by atoms with Crippen LogP contribution in [-0.4, -0.2) is 52.0 Å². The number of hydrogen-bond donors (Lipinski definition) is 1. The van der Waals surface area contributed by atoms with Gasteiger partial charge in [0.15, 0.2) is 11.5 Å². The summed E-state index contributed by atoms with van der Waals surface area (Å²) in [5.41, 5.74) is 1.93. The van der Waals surface area contributed by atoms with Crippen LogP contribution in [-0.2, 0) is 22.7 Å². The van der Waals surface area contributed by atoms with Crippen molar-refractivity contribution in [2.24, 2.45) is 0 Å². The first-order chi connectivity index (χ1) is 18.6. The third-order valence-electron chi connectivity index (χ3n) is 6.92. The van der Waals surface area contributed by atoms with Crippen molar-refractivity contribution in [3.63, 3.8) is 0 Å². The van der Waals surface area contributed by atoms with Crippen LogP contribution in [0.1, 0.15) is 43.0 Å². The summed E-state index contributed by atoms with van der Waals surface area (Å²) in [6, 6.07) is 15.3. The van der Waals surface area contributed by atoms with E-state index >= 15 is 0 Å². The lowest BCUT2D eigenvalue weighted by molar-refractivity contribution is -0.142. The summed E-state index contributed by atoms with van der Waals surface area (Å²) in [5.74, 6) is 0.795. The van der Waals surface area contributed by atoms with E-state index in [4.69, 9.17) is 13.9 Å². The topological polar surface area (TPSA) is 112 Å². The molecule has 10 nitrogen and oxygen atoms in total. The summed E-state index contributed by atoms with van der Waals surface area (Å²) in [5, 5.41) is 11.5. The van der Waals surface area contributed by atoms with Crippen LogP contribution in [0.4, 0.5) is 0 Å². The summed E-state index contributed by atoms with van der Waals surface area (Å²) in [6.07, 6.45) is 5.48. The Labute approximate surface area is 220 Å². The normalized spacial score (nSPS) is 14.4. The van der Waals surface area contributed by atoms with E-state index in [1.807, 2.05) is 24.3 Å². The zero-order valence-electron chi connectivity index (χ0n) is 21.5. The average molecular weight is 518 g/mol. The Morgan fingerprint density at radius 1 is 1.08 bits per heavy atom. The fourth-order valence-electron chi connectivity index (χ4n) is 5.08. The second-order valence-corrected chi connectivity index (χ2v) is 9.31. The Balaban J connectivity index is 1.57. The largest absolute Gasteiger partial charge is 0.493 e. The number of carbonyl (C=O) groups is 2. The monoisotopic (exact) mass is 517 g/mol.